The summed E-state index contributed by atoms with van der Waals surface area (Å²) in [6, 6.07) is 0.124. The maximum Gasteiger partial charge on any atom is 0.281 e. The number of aryl methyl sites for hydroxylation is 1. The number of nitrogens with one attached hydrogen (secondary N) is 1. The fourth-order valence-corrected chi connectivity index (χ4v) is 3.18. The molecule has 2 fully saturated rings. The number of hydrogen-bond acceptors (Lipinski definition) is 5. The minimum Gasteiger partial charge on any atom is -0.338 e. The predicted octanol–water partition coefficient (Wildman–Crippen LogP) is 0.224. The molecule has 4 rings (SSSR count). The highest BCUT2D eigenvalue weighted by molar-refractivity contribution is 5.81. The molecule has 1 saturated carbocycles. The Morgan fingerprint density at radius 3 is 2.95 bits per heavy atom. The summed E-state index contributed by atoms with van der Waals surface area (Å²) in [6.45, 7) is 3.10. The SMILES string of the molecule is Cc1nc2c(nnn2C[C@H]2CCCN2C(=O)C2CC2)c(=O)[nH]1. The molecule has 1 saturated heterocycles. The molecule has 0 bridgehead atoms. The Labute approximate surface area is 126 Å². The van der Waals surface area contributed by atoms with Crippen molar-refractivity contribution < 1.29 is 4.79 Å². The van der Waals surface area contributed by atoms with Crippen LogP contribution < -0.4 is 5.56 Å². The van der Waals surface area contributed by atoms with E-state index in [0.717, 1.165) is 32.2 Å². The van der Waals surface area contributed by atoms with Gasteiger partial charge in [-0.3, -0.25) is 9.59 Å². The number of likely N-dealkylation sites (tertiary alicyclic amines) is 1. The summed E-state index contributed by atoms with van der Waals surface area (Å²) in [5.74, 6) is 1.04. The number of H-pyrrole nitrogens is 1. The van der Waals surface area contributed by atoms with Crippen molar-refractivity contribution >= 4 is 17.1 Å². The lowest BCUT2D eigenvalue weighted by Crippen LogP contribution is -2.39. The summed E-state index contributed by atoms with van der Waals surface area (Å²) in [5, 5.41) is 7.98. The first-order chi connectivity index (χ1) is 10.6. The third-order valence-electron chi connectivity index (χ3n) is 4.46. The molecule has 3 heterocycles. The van der Waals surface area contributed by atoms with E-state index in [2.05, 4.69) is 20.3 Å². The van der Waals surface area contributed by atoms with Gasteiger partial charge in [0.2, 0.25) is 5.91 Å². The Kier molecular flexibility index (Phi) is 2.98. The van der Waals surface area contributed by atoms with Crippen molar-refractivity contribution in [2.24, 2.45) is 5.92 Å². The van der Waals surface area contributed by atoms with Crippen LogP contribution in [0.3, 0.4) is 0 Å². The van der Waals surface area contributed by atoms with Gasteiger partial charge >= 0.3 is 0 Å². The average Bonchev–Trinajstić information content (AvgIpc) is 3.11. The fourth-order valence-electron chi connectivity index (χ4n) is 3.18. The molecule has 1 aliphatic heterocycles. The summed E-state index contributed by atoms with van der Waals surface area (Å²) in [4.78, 5) is 33.1. The monoisotopic (exact) mass is 302 g/mol. The molecular weight excluding hydrogens is 284 g/mol. The van der Waals surface area contributed by atoms with Gasteiger partial charge in [0.1, 0.15) is 5.82 Å². The van der Waals surface area contributed by atoms with Crippen LogP contribution in [0.15, 0.2) is 4.79 Å². The van der Waals surface area contributed by atoms with Crippen LogP contribution in [0.1, 0.15) is 31.5 Å². The Balaban J connectivity index is 1.63. The van der Waals surface area contributed by atoms with Crippen LogP contribution in [0.5, 0.6) is 0 Å². The highest BCUT2D eigenvalue weighted by Crippen LogP contribution is 2.34. The van der Waals surface area contributed by atoms with Gasteiger partial charge < -0.3 is 9.88 Å². The number of aromatic amines is 1. The van der Waals surface area contributed by atoms with E-state index < -0.39 is 0 Å². The molecule has 0 unspecified atom stereocenters. The molecule has 0 aromatic carbocycles. The first-order valence-corrected chi connectivity index (χ1v) is 7.74. The zero-order chi connectivity index (χ0) is 15.3. The van der Waals surface area contributed by atoms with E-state index in [9.17, 15) is 9.59 Å². The van der Waals surface area contributed by atoms with Gasteiger partial charge in [0.25, 0.3) is 5.56 Å². The number of carbonyl (C=O) groups excluding carboxylic acids is 1. The molecule has 116 valence electrons. The quantitative estimate of drug-likeness (QED) is 0.875. The molecule has 8 heteroatoms. The van der Waals surface area contributed by atoms with E-state index in [1.165, 1.54) is 0 Å². The van der Waals surface area contributed by atoms with Gasteiger partial charge in [0.05, 0.1) is 12.6 Å². The number of amides is 1. The van der Waals surface area contributed by atoms with Crippen molar-refractivity contribution in [3.8, 4) is 0 Å². The summed E-state index contributed by atoms with van der Waals surface area (Å²) in [7, 11) is 0. The van der Waals surface area contributed by atoms with Crippen molar-refractivity contribution in [2.45, 2.75) is 45.2 Å². The van der Waals surface area contributed by atoms with Crippen LogP contribution in [0, 0.1) is 12.8 Å². The maximum atomic E-state index is 12.3. The summed E-state index contributed by atoms with van der Waals surface area (Å²) in [5.41, 5.74) is 0.474. The molecule has 2 aromatic rings. The fraction of sp³-hybridized carbons (Fsp3) is 0.643. The second-order valence-electron chi connectivity index (χ2n) is 6.20. The zero-order valence-corrected chi connectivity index (χ0v) is 12.4. The molecule has 1 N–H and O–H groups in total. The van der Waals surface area contributed by atoms with Crippen molar-refractivity contribution in [1.82, 2.24) is 29.9 Å². The maximum absolute atomic E-state index is 12.3. The van der Waals surface area contributed by atoms with Gasteiger partial charge in [0.15, 0.2) is 11.2 Å². The number of fused-ring (bicyclic) bond motifs is 1. The van der Waals surface area contributed by atoms with Gasteiger partial charge in [-0.05, 0) is 32.6 Å². The van der Waals surface area contributed by atoms with Gasteiger partial charge in [-0.2, -0.15) is 0 Å². The minimum atomic E-state index is -0.272. The second kappa shape index (κ2) is 4.89. The Bertz CT molecular complexity index is 790. The van der Waals surface area contributed by atoms with E-state index in [0.29, 0.717) is 18.0 Å². The molecule has 0 spiro atoms. The van der Waals surface area contributed by atoms with E-state index in [1.54, 1.807) is 11.6 Å². The van der Waals surface area contributed by atoms with Crippen LogP contribution in [0.4, 0.5) is 0 Å². The molecular formula is C14H18N6O2. The van der Waals surface area contributed by atoms with E-state index in [1.807, 2.05) is 4.90 Å². The van der Waals surface area contributed by atoms with E-state index in [-0.39, 0.29) is 28.9 Å². The van der Waals surface area contributed by atoms with E-state index >= 15 is 0 Å². The molecule has 0 radical (unpaired) electrons. The summed E-state index contributed by atoms with van der Waals surface area (Å²) < 4.78 is 1.65. The summed E-state index contributed by atoms with van der Waals surface area (Å²) in [6.07, 6.45) is 4.01. The van der Waals surface area contributed by atoms with Crippen molar-refractivity contribution in [2.75, 3.05) is 6.54 Å². The minimum absolute atomic E-state index is 0.124. The van der Waals surface area contributed by atoms with Gasteiger partial charge in [-0.15, -0.1) is 5.10 Å². The van der Waals surface area contributed by atoms with Gasteiger partial charge in [-0.25, -0.2) is 9.67 Å². The van der Waals surface area contributed by atoms with Crippen LogP contribution in [-0.2, 0) is 11.3 Å². The molecule has 1 aliphatic carbocycles. The molecule has 2 aliphatic rings. The molecule has 8 nitrogen and oxygen atoms in total. The first-order valence-electron chi connectivity index (χ1n) is 7.74. The lowest BCUT2D eigenvalue weighted by atomic mass is 10.2. The highest BCUT2D eigenvalue weighted by Gasteiger charge is 2.38. The molecule has 22 heavy (non-hydrogen) atoms. The average molecular weight is 302 g/mol. The van der Waals surface area contributed by atoms with Crippen LogP contribution in [-0.4, -0.2) is 48.4 Å². The lowest BCUT2D eigenvalue weighted by Gasteiger charge is -2.24. The van der Waals surface area contributed by atoms with Crippen molar-refractivity contribution in [3.63, 3.8) is 0 Å². The number of carbonyl (C=O) groups is 1. The van der Waals surface area contributed by atoms with Gasteiger partial charge in [-0.1, -0.05) is 5.21 Å². The van der Waals surface area contributed by atoms with Crippen LogP contribution in [0.2, 0.25) is 0 Å². The Morgan fingerprint density at radius 1 is 1.36 bits per heavy atom. The zero-order valence-electron chi connectivity index (χ0n) is 12.4. The van der Waals surface area contributed by atoms with Crippen molar-refractivity contribution in [3.05, 3.63) is 16.2 Å². The molecule has 1 amide bonds. The van der Waals surface area contributed by atoms with Gasteiger partial charge in [0, 0.05) is 12.5 Å². The second-order valence-corrected chi connectivity index (χ2v) is 6.20. The largest absolute Gasteiger partial charge is 0.338 e. The predicted molar refractivity (Wildman–Crippen MR) is 78.1 cm³/mol. The topological polar surface area (TPSA) is 96.8 Å². The number of nitrogens with zero attached hydrogens (tertiary/aromatic N) is 5. The van der Waals surface area contributed by atoms with Crippen LogP contribution >= 0.6 is 0 Å². The smallest absolute Gasteiger partial charge is 0.281 e. The first kappa shape index (κ1) is 13.4. The Hall–Kier alpha value is -2.25. The standard InChI is InChI=1S/C14H18N6O2/c1-8-15-12-11(13(21)16-8)17-18-20(12)7-10-3-2-6-19(10)14(22)9-4-5-9/h9-10H,2-7H2,1H3,(H,15,16,21)/t10-/m1/s1. The summed E-state index contributed by atoms with van der Waals surface area (Å²) >= 11 is 0. The normalized spacial score (nSPS) is 21.7. The molecule has 1 atom stereocenters. The van der Waals surface area contributed by atoms with Crippen LogP contribution in [0.25, 0.3) is 11.2 Å². The third-order valence-corrected chi connectivity index (χ3v) is 4.46. The number of rotatable bonds is 3. The Morgan fingerprint density at radius 2 is 2.18 bits per heavy atom. The van der Waals surface area contributed by atoms with Crippen molar-refractivity contribution in [1.29, 1.82) is 0 Å². The highest BCUT2D eigenvalue weighted by atomic mass is 16.2. The van der Waals surface area contributed by atoms with E-state index in [4.69, 9.17) is 0 Å². The number of hydrogen-bond donors (Lipinski definition) is 1. The molecule has 2 aromatic heterocycles. The third kappa shape index (κ3) is 2.18. The lowest BCUT2D eigenvalue weighted by molar-refractivity contribution is -0.133. The number of aromatic nitrogens is 5.